The predicted octanol–water partition coefficient (Wildman–Crippen LogP) is 2.49. The molecule has 2 N–H and O–H groups in total. The average Bonchev–Trinajstić information content (AvgIpc) is 2.75. The second-order valence-electron chi connectivity index (χ2n) is 4.49. The minimum absolute atomic E-state index is 0.753. The van der Waals surface area contributed by atoms with Gasteiger partial charge in [-0.25, -0.2) is 4.98 Å². The lowest BCUT2D eigenvalue weighted by molar-refractivity contribution is 0.854. The molecule has 0 amide bonds. The van der Waals surface area contributed by atoms with Crippen molar-refractivity contribution in [2.45, 2.75) is 20.0 Å². The van der Waals surface area contributed by atoms with Gasteiger partial charge in [-0.05, 0) is 30.2 Å². The Morgan fingerprint density at radius 2 is 1.71 bits per heavy atom. The molecule has 0 saturated heterocycles. The first-order chi connectivity index (χ1) is 8.24. The molecule has 0 radical (unpaired) electrons. The molecular weight excluding hydrogens is 210 g/mol. The highest BCUT2D eigenvalue weighted by Gasteiger charge is 2.21. The Labute approximate surface area is 101 Å². The monoisotopic (exact) mass is 225 g/mol. The van der Waals surface area contributed by atoms with Crippen molar-refractivity contribution in [3.05, 3.63) is 53.2 Å². The zero-order valence-corrected chi connectivity index (χ0v) is 9.85. The molecule has 3 heteroatoms. The Hall–Kier alpha value is -2.03. The minimum Gasteiger partial charge on any atom is -0.396 e. The van der Waals surface area contributed by atoms with Crippen LogP contribution in [-0.4, -0.2) is 4.98 Å². The van der Waals surface area contributed by atoms with Gasteiger partial charge in [-0.15, -0.1) is 0 Å². The van der Waals surface area contributed by atoms with Crippen molar-refractivity contribution in [2.24, 2.45) is 0 Å². The van der Waals surface area contributed by atoms with Gasteiger partial charge in [-0.2, -0.15) is 0 Å². The van der Waals surface area contributed by atoms with Gasteiger partial charge < -0.3 is 10.6 Å². The Morgan fingerprint density at radius 1 is 1.06 bits per heavy atom. The quantitative estimate of drug-likeness (QED) is 0.810. The molecule has 86 valence electrons. The van der Waals surface area contributed by atoms with Crippen LogP contribution in [0.2, 0.25) is 0 Å². The van der Waals surface area contributed by atoms with Crippen LogP contribution in [0.15, 0.2) is 36.4 Å². The van der Waals surface area contributed by atoms with E-state index >= 15 is 0 Å². The first-order valence-electron chi connectivity index (χ1n) is 5.79. The largest absolute Gasteiger partial charge is 0.396 e. The van der Waals surface area contributed by atoms with E-state index in [1.54, 1.807) is 0 Å². The summed E-state index contributed by atoms with van der Waals surface area (Å²) in [5, 5.41) is 0. The number of benzene rings is 1. The standard InChI is InChI=1S/C14H15N3/c1-10-6-7-13(15)14(16-10)17-8-11-4-2-3-5-12(11)9-17/h2-7H,8-9,15H2,1H3. The number of nitrogen functional groups attached to an aromatic ring is 1. The third-order valence-corrected chi connectivity index (χ3v) is 3.18. The predicted molar refractivity (Wildman–Crippen MR) is 69.7 cm³/mol. The Balaban J connectivity index is 1.96. The molecule has 1 aromatic carbocycles. The fraction of sp³-hybridized carbons (Fsp3) is 0.214. The maximum atomic E-state index is 6.00. The van der Waals surface area contributed by atoms with E-state index < -0.39 is 0 Å². The van der Waals surface area contributed by atoms with Crippen LogP contribution >= 0.6 is 0 Å². The van der Waals surface area contributed by atoms with Crippen molar-refractivity contribution < 1.29 is 0 Å². The van der Waals surface area contributed by atoms with E-state index in [0.29, 0.717) is 0 Å². The summed E-state index contributed by atoms with van der Waals surface area (Å²) >= 11 is 0. The molecule has 0 fully saturated rings. The maximum Gasteiger partial charge on any atom is 0.152 e. The number of nitrogens with zero attached hydrogens (tertiary/aromatic N) is 2. The molecule has 3 nitrogen and oxygen atoms in total. The number of fused-ring (bicyclic) bond motifs is 1. The second kappa shape index (κ2) is 3.77. The number of hydrogen-bond acceptors (Lipinski definition) is 3. The Morgan fingerprint density at radius 3 is 2.35 bits per heavy atom. The molecule has 3 rings (SSSR count). The second-order valence-corrected chi connectivity index (χ2v) is 4.49. The topological polar surface area (TPSA) is 42.1 Å². The van der Waals surface area contributed by atoms with Gasteiger partial charge in [0.15, 0.2) is 5.82 Å². The van der Waals surface area contributed by atoms with Gasteiger partial charge in [0.25, 0.3) is 0 Å². The summed E-state index contributed by atoms with van der Waals surface area (Å²) in [4.78, 5) is 6.77. The van der Waals surface area contributed by atoms with Crippen molar-refractivity contribution in [3.63, 3.8) is 0 Å². The molecular formula is C14H15N3. The molecule has 0 aliphatic carbocycles. The van der Waals surface area contributed by atoms with Crippen LogP contribution in [0.3, 0.4) is 0 Å². The molecule has 1 aliphatic rings. The molecule has 2 heterocycles. The number of pyridine rings is 1. The summed E-state index contributed by atoms with van der Waals surface area (Å²) in [5.74, 6) is 0.904. The van der Waals surface area contributed by atoms with Crippen LogP contribution in [0.5, 0.6) is 0 Å². The summed E-state index contributed by atoms with van der Waals surface area (Å²) in [6.07, 6.45) is 0. The molecule has 0 spiro atoms. The highest BCUT2D eigenvalue weighted by atomic mass is 15.2. The van der Waals surface area contributed by atoms with E-state index in [9.17, 15) is 0 Å². The van der Waals surface area contributed by atoms with E-state index in [1.165, 1.54) is 11.1 Å². The SMILES string of the molecule is Cc1ccc(N)c(N2Cc3ccccc3C2)n1. The highest BCUT2D eigenvalue weighted by Crippen LogP contribution is 2.30. The summed E-state index contributed by atoms with van der Waals surface area (Å²) in [6.45, 7) is 3.79. The van der Waals surface area contributed by atoms with Crippen LogP contribution in [0.25, 0.3) is 0 Å². The lowest BCUT2D eigenvalue weighted by Crippen LogP contribution is -2.18. The van der Waals surface area contributed by atoms with Crippen molar-refractivity contribution in [3.8, 4) is 0 Å². The van der Waals surface area contributed by atoms with E-state index in [4.69, 9.17) is 5.73 Å². The molecule has 0 bridgehead atoms. The van der Waals surface area contributed by atoms with Gasteiger partial charge in [-0.3, -0.25) is 0 Å². The van der Waals surface area contributed by atoms with E-state index in [2.05, 4.69) is 34.1 Å². The smallest absolute Gasteiger partial charge is 0.152 e. The Bertz CT molecular complexity index is 538. The summed E-state index contributed by atoms with van der Waals surface area (Å²) in [6, 6.07) is 12.4. The van der Waals surface area contributed by atoms with E-state index in [-0.39, 0.29) is 0 Å². The van der Waals surface area contributed by atoms with Crippen LogP contribution in [-0.2, 0) is 13.1 Å². The number of anilines is 2. The zero-order valence-electron chi connectivity index (χ0n) is 9.85. The van der Waals surface area contributed by atoms with Crippen LogP contribution < -0.4 is 10.6 Å². The summed E-state index contributed by atoms with van der Waals surface area (Å²) in [7, 11) is 0. The summed E-state index contributed by atoms with van der Waals surface area (Å²) < 4.78 is 0. The normalized spacial score (nSPS) is 13.8. The zero-order chi connectivity index (χ0) is 11.8. The lowest BCUT2D eigenvalue weighted by atomic mass is 10.1. The van der Waals surface area contributed by atoms with Crippen molar-refractivity contribution in [1.29, 1.82) is 0 Å². The van der Waals surface area contributed by atoms with Crippen molar-refractivity contribution in [1.82, 2.24) is 4.98 Å². The minimum atomic E-state index is 0.753. The van der Waals surface area contributed by atoms with E-state index in [0.717, 1.165) is 30.3 Å². The van der Waals surface area contributed by atoms with Gasteiger partial charge in [0.05, 0.1) is 5.69 Å². The number of rotatable bonds is 1. The van der Waals surface area contributed by atoms with Crippen LogP contribution in [0.1, 0.15) is 16.8 Å². The van der Waals surface area contributed by atoms with E-state index in [1.807, 2.05) is 19.1 Å². The Kier molecular flexibility index (Phi) is 2.25. The van der Waals surface area contributed by atoms with Gasteiger partial charge in [0, 0.05) is 18.8 Å². The molecule has 2 aromatic rings. The van der Waals surface area contributed by atoms with Crippen molar-refractivity contribution >= 4 is 11.5 Å². The number of nitrogens with two attached hydrogens (primary N) is 1. The number of aromatic nitrogens is 1. The molecule has 0 saturated carbocycles. The molecule has 0 unspecified atom stereocenters. The first-order valence-corrected chi connectivity index (χ1v) is 5.79. The third kappa shape index (κ3) is 1.73. The van der Waals surface area contributed by atoms with Crippen LogP contribution in [0, 0.1) is 6.92 Å². The van der Waals surface area contributed by atoms with Crippen molar-refractivity contribution in [2.75, 3.05) is 10.6 Å². The van der Waals surface area contributed by atoms with Gasteiger partial charge in [-0.1, -0.05) is 24.3 Å². The van der Waals surface area contributed by atoms with Gasteiger partial charge in [0.2, 0.25) is 0 Å². The van der Waals surface area contributed by atoms with Gasteiger partial charge >= 0.3 is 0 Å². The fourth-order valence-electron chi connectivity index (χ4n) is 2.29. The van der Waals surface area contributed by atoms with Crippen LogP contribution in [0.4, 0.5) is 11.5 Å². The highest BCUT2D eigenvalue weighted by molar-refractivity contribution is 5.64. The number of hydrogen-bond donors (Lipinski definition) is 1. The molecule has 17 heavy (non-hydrogen) atoms. The van der Waals surface area contributed by atoms with Gasteiger partial charge in [0.1, 0.15) is 0 Å². The average molecular weight is 225 g/mol. The number of aryl methyl sites for hydroxylation is 1. The lowest BCUT2D eigenvalue weighted by Gasteiger charge is -2.18. The third-order valence-electron chi connectivity index (χ3n) is 3.18. The fourth-order valence-corrected chi connectivity index (χ4v) is 2.29. The summed E-state index contributed by atoms with van der Waals surface area (Å²) in [5.41, 5.74) is 10.5. The first kappa shape index (κ1) is 10.1. The molecule has 1 aromatic heterocycles. The maximum absolute atomic E-state index is 6.00. The molecule has 1 aliphatic heterocycles. The molecule has 0 atom stereocenters.